The number of carbonyl (C=O) groups is 1. The molecule has 7 heteroatoms. The Balaban J connectivity index is 1.99. The van der Waals surface area contributed by atoms with E-state index in [-0.39, 0.29) is 5.91 Å². The molecule has 0 atom stereocenters. The minimum atomic E-state index is -0.238. The highest BCUT2D eigenvalue weighted by molar-refractivity contribution is 7.11. The van der Waals surface area contributed by atoms with Crippen LogP contribution >= 0.6 is 11.3 Å². The van der Waals surface area contributed by atoms with Crippen molar-refractivity contribution in [3.63, 3.8) is 0 Å². The number of aromatic nitrogens is 2. The fraction of sp³-hybridized carbons (Fsp3) is 0.182. The monoisotopic (exact) mass is 263 g/mol. The van der Waals surface area contributed by atoms with Gasteiger partial charge in [-0.1, -0.05) is 6.07 Å². The van der Waals surface area contributed by atoms with Gasteiger partial charge in [0.05, 0.1) is 11.6 Å². The lowest BCUT2D eigenvalue weighted by Gasteiger charge is -2.04. The molecule has 0 aliphatic heterocycles. The molecule has 0 radical (unpaired) electrons. The summed E-state index contributed by atoms with van der Waals surface area (Å²) < 4.78 is 0. The van der Waals surface area contributed by atoms with Crippen molar-refractivity contribution < 1.29 is 4.79 Å². The highest BCUT2D eigenvalue weighted by atomic mass is 32.1. The van der Waals surface area contributed by atoms with Gasteiger partial charge in [0.25, 0.3) is 5.91 Å². The summed E-state index contributed by atoms with van der Waals surface area (Å²) in [6.45, 7) is 2.38. The van der Waals surface area contributed by atoms with Crippen LogP contribution in [0.1, 0.15) is 20.4 Å². The molecule has 1 amide bonds. The Morgan fingerprint density at radius 2 is 2.33 bits per heavy atom. The first-order valence-corrected chi connectivity index (χ1v) is 6.14. The quantitative estimate of drug-likeness (QED) is 0.566. The van der Waals surface area contributed by atoms with Crippen molar-refractivity contribution in [2.75, 3.05) is 5.43 Å². The van der Waals surface area contributed by atoms with Crippen LogP contribution in [0.15, 0.2) is 24.4 Å². The zero-order valence-electron chi connectivity index (χ0n) is 9.80. The third-order valence-electron chi connectivity index (χ3n) is 2.22. The largest absolute Gasteiger partial charge is 0.346 e. The summed E-state index contributed by atoms with van der Waals surface area (Å²) in [5.74, 6) is 5.45. The number of hydrogen-bond acceptors (Lipinski definition) is 6. The molecule has 2 aromatic heterocycles. The van der Waals surface area contributed by atoms with E-state index in [1.165, 1.54) is 0 Å². The molecule has 0 fully saturated rings. The van der Waals surface area contributed by atoms with Gasteiger partial charge >= 0.3 is 0 Å². The van der Waals surface area contributed by atoms with E-state index in [0.29, 0.717) is 18.1 Å². The fourth-order valence-electron chi connectivity index (χ4n) is 1.39. The zero-order valence-corrected chi connectivity index (χ0v) is 10.6. The molecule has 2 rings (SSSR count). The van der Waals surface area contributed by atoms with E-state index in [4.69, 9.17) is 5.84 Å². The van der Waals surface area contributed by atoms with Gasteiger partial charge in [0, 0.05) is 11.1 Å². The average Bonchev–Trinajstić information content (AvgIpc) is 2.82. The van der Waals surface area contributed by atoms with E-state index in [0.717, 1.165) is 9.88 Å². The first-order valence-electron chi connectivity index (χ1n) is 5.32. The Kier molecular flexibility index (Phi) is 3.85. The summed E-state index contributed by atoms with van der Waals surface area (Å²) in [7, 11) is 0. The van der Waals surface area contributed by atoms with Gasteiger partial charge in [-0.3, -0.25) is 4.79 Å². The molecule has 0 bridgehead atoms. The third-order valence-corrected chi connectivity index (χ3v) is 3.13. The Hall–Kier alpha value is -1.99. The van der Waals surface area contributed by atoms with Gasteiger partial charge in [-0.05, 0) is 19.1 Å². The van der Waals surface area contributed by atoms with E-state index in [9.17, 15) is 4.79 Å². The van der Waals surface area contributed by atoms with Crippen molar-refractivity contribution in [2.45, 2.75) is 13.5 Å². The van der Waals surface area contributed by atoms with Crippen LogP contribution < -0.4 is 16.6 Å². The number of pyridine rings is 1. The molecule has 0 aliphatic rings. The smallest absolute Gasteiger partial charge is 0.270 e. The van der Waals surface area contributed by atoms with E-state index < -0.39 is 0 Å². The van der Waals surface area contributed by atoms with Crippen molar-refractivity contribution >= 4 is 23.1 Å². The maximum absolute atomic E-state index is 11.8. The van der Waals surface area contributed by atoms with Crippen LogP contribution in [-0.4, -0.2) is 15.9 Å². The Morgan fingerprint density at radius 1 is 1.50 bits per heavy atom. The van der Waals surface area contributed by atoms with Crippen LogP contribution in [0, 0.1) is 6.92 Å². The third kappa shape index (κ3) is 3.02. The number of hydrazine groups is 1. The number of nitrogen functional groups attached to an aromatic ring is 1. The molecular formula is C11H13N5OS. The molecule has 0 aromatic carbocycles. The number of hydrogen-bond donors (Lipinski definition) is 3. The van der Waals surface area contributed by atoms with Gasteiger partial charge < -0.3 is 10.7 Å². The van der Waals surface area contributed by atoms with Gasteiger partial charge in [0.1, 0.15) is 11.5 Å². The second-order valence-corrected chi connectivity index (χ2v) is 4.90. The van der Waals surface area contributed by atoms with Gasteiger partial charge in [-0.25, -0.2) is 15.8 Å². The molecule has 0 unspecified atom stereocenters. The molecule has 4 N–H and O–H groups in total. The number of nitrogens with one attached hydrogen (secondary N) is 2. The van der Waals surface area contributed by atoms with Crippen molar-refractivity contribution in [2.24, 2.45) is 5.84 Å². The average molecular weight is 263 g/mol. The van der Waals surface area contributed by atoms with Crippen LogP contribution in [-0.2, 0) is 6.54 Å². The van der Waals surface area contributed by atoms with E-state index >= 15 is 0 Å². The number of aryl methyl sites for hydroxylation is 1. The van der Waals surface area contributed by atoms with Gasteiger partial charge in [0.15, 0.2) is 0 Å². The number of thiazole rings is 1. The van der Waals surface area contributed by atoms with Gasteiger partial charge in [0.2, 0.25) is 0 Å². The standard InChI is InChI=1S/C11H13N5OS/c1-7-13-5-8(18-7)6-14-11(17)9-3-2-4-10(15-9)16-12/h2-5H,6,12H2,1H3,(H,14,17)(H,15,16). The van der Waals surface area contributed by atoms with E-state index in [1.807, 2.05) is 6.92 Å². The highest BCUT2D eigenvalue weighted by Crippen LogP contribution is 2.11. The number of amides is 1. The summed E-state index contributed by atoms with van der Waals surface area (Å²) in [6, 6.07) is 5.03. The molecule has 0 spiro atoms. The fourth-order valence-corrected chi connectivity index (χ4v) is 2.12. The Bertz CT molecular complexity index is 554. The molecule has 0 saturated carbocycles. The lowest BCUT2D eigenvalue weighted by molar-refractivity contribution is 0.0946. The number of anilines is 1. The summed E-state index contributed by atoms with van der Waals surface area (Å²) in [4.78, 5) is 21.0. The predicted octanol–water partition coefficient (Wildman–Crippen LogP) is 1.06. The minimum absolute atomic E-state index is 0.238. The minimum Gasteiger partial charge on any atom is -0.346 e. The number of carbonyl (C=O) groups excluding carboxylic acids is 1. The summed E-state index contributed by atoms with van der Waals surface area (Å²) in [5, 5.41) is 3.76. The predicted molar refractivity (Wildman–Crippen MR) is 70.1 cm³/mol. The normalized spacial score (nSPS) is 10.1. The van der Waals surface area contributed by atoms with Crippen LogP contribution in [0.25, 0.3) is 0 Å². The van der Waals surface area contributed by atoms with Crippen LogP contribution in [0.5, 0.6) is 0 Å². The zero-order chi connectivity index (χ0) is 13.0. The van der Waals surface area contributed by atoms with E-state index in [2.05, 4.69) is 20.7 Å². The van der Waals surface area contributed by atoms with Crippen molar-refractivity contribution in [1.82, 2.24) is 15.3 Å². The highest BCUT2D eigenvalue weighted by Gasteiger charge is 2.08. The Labute approximate surface area is 108 Å². The molecular weight excluding hydrogens is 250 g/mol. The summed E-state index contributed by atoms with van der Waals surface area (Å²) in [5.41, 5.74) is 2.73. The molecule has 94 valence electrons. The first kappa shape index (κ1) is 12.5. The lowest BCUT2D eigenvalue weighted by Crippen LogP contribution is -2.24. The second kappa shape index (κ2) is 5.56. The molecule has 0 aliphatic carbocycles. The molecule has 0 saturated heterocycles. The number of nitrogens with two attached hydrogens (primary N) is 1. The Morgan fingerprint density at radius 3 is 3.00 bits per heavy atom. The first-order chi connectivity index (χ1) is 8.69. The maximum Gasteiger partial charge on any atom is 0.270 e. The molecule has 18 heavy (non-hydrogen) atoms. The van der Waals surface area contributed by atoms with Crippen LogP contribution in [0.2, 0.25) is 0 Å². The maximum atomic E-state index is 11.8. The topological polar surface area (TPSA) is 92.9 Å². The van der Waals surface area contributed by atoms with Gasteiger partial charge in [-0.2, -0.15) is 0 Å². The molecule has 6 nitrogen and oxygen atoms in total. The van der Waals surface area contributed by atoms with Crippen molar-refractivity contribution in [3.05, 3.63) is 40.0 Å². The van der Waals surface area contributed by atoms with Crippen LogP contribution in [0.3, 0.4) is 0 Å². The van der Waals surface area contributed by atoms with Crippen LogP contribution in [0.4, 0.5) is 5.82 Å². The van der Waals surface area contributed by atoms with E-state index in [1.54, 1.807) is 35.7 Å². The summed E-state index contributed by atoms with van der Waals surface area (Å²) in [6.07, 6.45) is 1.76. The molecule has 2 heterocycles. The van der Waals surface area contributed by atoms with Crippen molar-refractivity contribution in [3.8, 4) is 0 Å². The lowest BCUT2D eigenvalue weighted by atomic mass is 10.3. The summed E-state index contributed by atoms with van der Waals surface area (Å²) >= 11 is 1.55. The molecule has 2 aromatic rings. The second-order valence-electron chi connectivity index (χ2n) is 3.58. The van der Waals surface area contributed by atoms with Crippen molar-refractivity contribution in [1.29, 1.82) is 0 Å². The number of rotatable bonds is 4. The number of nitrogens with zero attached hydrogens (tertiary/aromatic N) is 2. The SMILES string of the molecule is Cc1ncc(CNC(=O)c2cccc(NN)n2)s1. The van der Waals surface area contributed by atoms with Gasteiger partial charge in [-0.15, -0.1) is 11.3 Å².